The number of hydrogen-bond donors (Lipinski definition) is 1. The van der Waals surface area contributed by atoms with Crippen molar-refractivity contribution in [3.63, 3.8) is 0 Å². The van der Waals surface area contributed by atoms with Gasteiger partial charge in [0.25, 0.3) is 5.56 Å². The molecule has 0 amide bonds. The van der Waals surface area contributed by atoms with Crippen molar-refractivity contribution in [2.24, 2.45) is 0 Å². The summed E-state index contributed by atoms with van der Waals surface area (Å²) in [4.78, 5) is 17.0. The van der Waals surface area contributed by atoms with E-state index in [9.17, 15) is 4.79 Å². The number of thiophene rings is 1. The topological polar surface area (TPSA) is 37.8 Å². The first-order valence-corrected chi connectivity index (χ1v) is 7.78. The van der Waals surface area contributed by atoms with Gasteiger partial charge in [-0.3, -0.25) is 9.36 Å². The summed E-state index contributed by atoms with van der Waals surface area (Å²) in [6.45, 7) is 2.07. The van der Waals surface area contributed by atoms with Gasteiger partial charge in [-0.2, -0.15) is 0 Å². The largest absolute Gasteiger partial charge is 0.332 e. The maximum atomic E-state index is 12.7. The van der Waals surface area contributed by atoms with Gasteiger partial charge in [-0.1, -0.05) is 25.1 Å². The Morgan fingerprint density at radius 1 is 1.30 bits per heavy atom. The number of para-hydroxylation sites is 1. The Balaban J connectivity index is 2.31. The summed E-state index contributed by atoms with van der Waals surface area (Å²) in [6.07, 6.45) is 0.830. The maximum absolute atomic E-state index is 12.7. The quantitative estimate of drug-likeness (QED) is 0.739. The number of hydrogen-bond acceptors (Lipinski definition) is 3. The Hall–Kier alpha value is -1.72. The van der Waals surface area contributed by atoms with E-state index in [0.717, 1.165) is 16.8 Å². The van der Waals surface area contributed by atoms with Crippen LogP contribution in [0.1, 0.15) is 24.3 Å². The first kappa shape index (κ1) is 13.3. The number of rotatable bonds is 3. The van der Waals surface area contributed by atoms with Gasteiger partial charge in [0.2, 0.25) is 0 Å². The zero-order valence-corrected chi connectivity index (χ0v) is 12.6. The number of aromatic nitrogens is 2. The van der Waals surface area contributed by atoms with Crippen molar-refractivity contribution in [2.45, 2.75) is 19.4 Å². The van der Waals surface area contributed by atoms with Crippen LogP contribution in [0.25, 0.3) is 10.9 Å². The minimum absolute atomic E-state index is 0.00384. The third-order valence-electron chi connectivity index (χ3n) is 3.41. The lowest BCUT2D eigenvalue weighted by Gasteiger charge is -2.17. The molecule has 3 nitrogen and oxygen atoms in total. The smallest absolute Gasteiger partial charge is 0.262 e. The zero-order chi connectivity index (χ0) is 14.1. The van der Waals surface area contributed by atoms with E-state index in [-0.39, 0.29) is 11.6 Å². The summed E-state index contributed by atoms with van der Waals surface area (Å²) in [5.74, 6) is 0. The molecule has 0 aliphatic carbocycles. The van der Waals surface area contributed by atoms with E-state index in [1.54, 1.807) is 15.9 Å². The van der Waals surface area contributed by atoms with E-state index in [0.29, 0.717) is 10.2 Å². The molecular weight excluding hydrogens is 288 g/mol. The number of nitrogens with one attached hydrogen (secondary N) is 1. The molecule has 2 aromatic heterocycles. The Morgan fingerprint density at radius 2 is 2.10 bits per heavy atom. The van der Waals surface area contributed by atoms with Crippen LogP contribution in [0.15, 0.2) is 46.6 Å². The molecule has 1 unspecified atom stereocenters. The third kappa shape index (κ3) is 2.13. The van der Waals surface area contributed by atoms with Crippen LogP contribution >= 0.6 is 23.6 Å². The highest BCUT2D eigenvalue weighted by Crippen LogP contribution is 2.25. The molecule has 102 valence electrons. The second kappa shape index (κ2) is 5.34. The molecule has 0 saturated carbocycles. The average Bonchev–Trinajstić information content (AvgIpc) is 2.97. The fourth-order valence-electron chi connectivity index (χ4n) is 2.45. The van der Waals surface area contributed by atoms with Gasteiger partial charge >= 0.3 is 0 Å². The lowest BCUT2D eigenvalue weighted by atomic mass is 10.1. The number of fused-ring (bicyclic) bond motifs is 1. The van der Waals surface area contributed by atoms with Gasteiger partial charge in [0, 0.05) is 4.88 Å². The molecule has 0 spiro atoms. The first-order valence-electron chi connectivity index (χ1n) is 6.49. The summed E-state index contributed by atoms with van der Waals surface area (Å²) < 4.78 is 2.18. The van der Waals surface area contributed by atoms with Crippen LogP contribution in [0, 0.1) is 4.77 Å². The van der Waals surface area contributed by atoms with Crippen molar-refractivity contribution in [1.82, 2.24) is 9.55 Å². The highest BCUT2D eigenvalue weighted by Gasteiger charge is 2.17. The van der Waals surface area contributed by atoms with Crippen molar-refractivity contribution >= 4 is 34.5 Å². The van der Waals surface area contributed by atoms with Gasteiger partial charge in [0.15, 0.2) is 4.77 Å². The predicted octanol–water partition coefficient (Wildman–Crippen LogP) is 4.12. The second-order valence-electron chi connectivity index (χ2n) is 4.59. The molecule has 0 fully saturated rings. The Morgan fingerprint density at radius 3 is 2.80 bits per heavy atom. The Labute approximate surface area is 125 Å². The molecule has 20 heavy (non-hydrogen) atoms. The van der Waals surface area contributed by atoms with E-state index >= 15 is 0 Å². The van der Waals surface area contributed by atoms with E-state index in [4.69, 9.17) is 12.2 Å². The maximum Gasteiger partial charge on any atom is 0.262 e. The van der Waals surface area contributed by atoms with Crippen LogP contribution in [0.5, 0.6) is 0 Å². The van der Waals surface area contributed by atoms with Gasteiger partial charge in [-0.25, -0.2) is 0 Å². The number of benzene rings is 1. The van der Waals surface area contributed by atoms with Gasteiger partial charge in [0.1, 0.15) is 0 Å². The Kier molecular flexibility index (Phi) is 3.54. The third-order valence-corrected chi connectivity index (χ3v) is 4.68. The molecule has 3 aromatic rings. The minimum Gasteiger partial charge on any atom is -0.332 e. The van der Waals surface area contributed by atoms with E-state index < -0.39 is 0 Å². The van der Waals surface area contributed by atoms with E-state index in [1.807, 2.05) is 35.7 Å². The molecular formula is C15H14N2OS2. The van der Waals surface area contributed by atoms with Crippen LogP contribution in [0.2, 0.25) is 0 Å². The van der Waals surface area contributed by atoms with Crippen LogP contribution < -0.4 is 5.56 Å². The van der Waals surface area contributed by atoms with Crippen molar-refractivity contribution in [3.05, 3.63) is 61.8 Å². The van der Waals surface area contributed by atoms with Gasteiger partial charge in [0.05, 0.1) is 16.9 Å². The van der Waals surface area contributed by atoms with Gasteiger partial charge in [-0.15, -0.1) is 11.3 Å². The highest BCUT2D eigenvalue weighted by molar-refractivity contribution is 7.71. The minimum atomic E-state index is -0.0235. The summed E-state index contributed by atoms with van der Waals surface area (Å²) in [6, 6.07) is 11.5. The average molecular weight is 302 g/mol. The van der Waals surface area contributed by atoms with Crippen LogP contribution in [0.4, 0.5) is 0 Å². The summed E-state index contributed by atoms with van der Waals surface area (Å²) in [5, 5.41) is 2.70. The lowest BCUT2D eigenvalue weighted by molar-refractivity contribution is 0.546. The summed E-state index contributed by atoms with van der Waals surface area (Å²) >= 11 is 7.05. The molecule has 0 radical (unpaired) electrons. The van der Waals surface area contributed by atoms with Crippen LogP contribution in [-0.4, -0.2) is 9.55 Å². The molecule has 2 heterocycles. The SMILES string of the molecule is CCC(c1cccs1)n1c(=S)[nH]c2ccccc2c1=O. The van der Waals surface area contributed by atoms with Crippen LogP contribution in [0.3, 0.4) is 0 Å². The normalized spacial score (nSPS) is 12.7. The molecule has 0 saturated heterocycles. The van der Waals surface area contributed by atoms with Gasteiger partial charge in [-0.05, 0) is 42.2 Å². The summed E-state index contributed by atoms with van der Waals surface area (Å²) in [7, 11) is 0. The standard InChI is InChI=1S/C15H14N2OS2/c1-2-12(13-8-5-9-20-13)17-14(18)10-6-3-4-7-11(10)16-15(17)19/h3-9,12H,2H2,1H3,(H,16,19). The highest BCUT2D eigenvalue weighted by atomic mass is 32.1. The lowest BCUT2D eigenvalue weighted by Crippen LogP contribution is -2.26. The van der Waals surface area contributed by atoms with Crippen molar-refractivity contribution < 1.29 is 0 Å². The monoisotopic (exact) mass is 302 g/mol. The molecule has 1 atom stereocenters. The molecule has 0 aliphatic heterocycles. The fourth-order valence-corrected chi connectivity index (χ4v) is 3.67. The molecule has 0 bridgehead atoms. The second-order valence-corrected chi connectivity index (χ2v) is 5.96. The molecule has 1 N–H and O–H groups in total. The van der Waals surface area contributed by atoms with Crippen molar-refractivity contribution in [2.75, 3.05) is 0 Å². The first-order chi connectivity index (χ1) is 9.72. The van der Waals surface area contributed by atoms with Gasteiger partial charge < -0.3 is 4.98 Å². The fraction of sp³-hybridized carbons (Fsp3) is 0.200. The summed E-state index contributed by atoms with van der Waals surface area (Å²) in [5.41, 5.74) is 0.768. The van der Waals surface area contributed by atoms with Crippen LogP contribution in [-0.2, 0) is 0 Å². The number of nitrogens with zero attached hydrogens (tertiary/aromatic N) is 1. The number of H-pyrrole nitrogens is 1. The predicted molar refractivity (Wildman–Crippen MR) is 86.1 cm³/mol. The van der Waals surface area contributed by atoms with E-state index in [2.05, 4.69) is 18.0 Å². The molecule has 1 aromatic carbocycles. The molecule has 3 rings (SSSR count). The zero-order valence-electron chi connectivity index (χ0n) is 11.0. The van der Waals surface area contributed by atoms with E-state index in [1.165, 1.54) is 0 Å². The Bertz CT molecular complexity index is 846. The number of aromatic amines is 1. The molecule has 5 heteroatoms. The van der Waals surface area contributed by atoms with Crippen molar-refractivity contribution in [1.29, 1.82) is 0 Å². The molecule has 0 aliphatic rings. The van der Waals surface area contributed by atoms with Crippen molar-refractivity contribution in [3.8, 4) is 0 Å².